The van der Waals surface area contributed by atoms with Gasteiger partial charge in [0.2, 0.25) is 11.4 Å². The Bertz CT molecular complexity index is 2110. The van der Waals surface area contributed by atoms with E-state index in [1.807, 2.05) is 36.4 Å². The van der Waals surface area contributed by atoms with Crippen molar-refractivity contribution < 1.29 is 22.4 Å². The van der Waals surface area contributed by atoms with Gasteiger partial charge in [-0.3, -0.25) is 0 Å². The molecule has 0 saturated heterocycles. The van der Waals surface area contributed by atoms with Crippen molar-refractivity contribution in [2.45, 2.75) is 79.1 Å². The zero-order valence-corrected chi connectivity index (χ0v) is 31.9. The molecule has 1 aliphatic rings. The Hall–Kier alpha value is -4.49. The Kier molecular flexibility index (Phi) is 10.9. The molecule has 0 saturated carbocycles. The second-order valence-electron chi connectivity index (χ2n) is 13.9. The number of benzene rings is 5. The van der Waals surface area contributed by atoms with Gasteiger partial charge in [-0.2, -0.15) is 5.26 Å². The fraction of sp³-hybridized carbons (Fsp3) is 0.273. The maximum atomic E-state index is 8.84. The number of para-hydroxylation sites is 5. The summed E-state index contributed by atoms with van der Waals surface area (Å²) in [6.45, 7) is 18.3. The van der Waals surface area contributed by atoms with Gasteiger partial charge in [-0.1, -0.05) is 134 Å². The molecule has 4 nitrogen and oxygen atoms in total. The summed E-state index contributed by atoms with van der Waals surface area (Å²) >= 11 is 0. The van der Waals surface area contributed by atoms with Crippen molar-refractivity contribution in [3.63, 3.8) is 0 Å². The molecule has 250 valence electrons. The van der Waals surface area contributed by atoms with Gasteiger partial charge in [0.25, 0.3) is 11.4 Å². The van der Waals surface area contributed by atoms with Crippen molar-refractivity contribution >= 4 is 50.6 Å². The monoisotopic (exact) mass is 826 g/mol. The third-order valence-corrected chi connectivity index (χ3v) is 9.26. The van der Waals surface area contributed by atoms with E-state index >= 15 is 0 Å². The number of hydrogen-bond acceptors (Lipinski definition) is 1. The van der Waals surface area contributed by atoms with Crippen LogP contribution in [0.1, 0.15) is 107 Å². The molecule has 1 aromatic heterocycles. The Labute approximate surface area is 307 Å². The molecule has 0 bridgehead atoms. The molecule has 7 rings (SSSR count). The van der Waals surface area contributed by atoms with Crippen LogP contribution in [0.5, 0.6) is 0 Å². The largest absolute Gasteiger partial charge is 1.00 e. The topological polar surface area (TPSA) is 43.9 Å². The molecule has 5 aromatic carbocycles. The Morgan fingerprint density at radius 3 is 1.41 bits per heavy atom. The van der Waals surface area contributed by atoms with Gasteiger partial charge < -0.3 is 4.98 Å². The van der Waals surface area contributed by atoms with E-state index < -0.39 is 0 Å². The van der Waals surface area contributed by atoms with E-state index in [1.165, 1.54) is 45.0 Å². The first-order chi connectivity index (χ1) is 23.1. The number of nitrogens with zero attached hydrogens (tertiary/aromatic N) is 4. The minimum absolute atomic E-state index is 0. The number of hydrogen-bond donors (Lipinski definition) is 0. The average molecular weight is 827 g/mol. The van der Waals surface area contributed by atoms with E-state index in [2.05, 4.69) is 142 Å². The van der Waals surface area contributed by atoms with Gasteiger partial charge in [0, 0.05) is 34.4 Å². The fourth-order valence-corrected chi connectivity index (χ4v) is 6.78. The van der Waals surface area contributed by atoms with E-state index in [4.69, 9.17) is 5.26 Å². The van der Waals surface area contributed by atoms with Crippen molar-refractivity contribution in [3.8, 4) is 6.07 Å². The molecule has 6 aromatic rings. The van der Waals surface area contributed by atoms with Gasteiger partial charge in [0.05, 0.1) is 11.6 Å². The van der Waals surface area contributed by atoms with E-state index in [1.54, 1.807) is 6.07 Å². The molecule has 5 heteroatoms. The van der Waals surface area contributed by atoms with E-state index in [0.717, 1.165) is 21.8 Å². The number of aromatic nitrogens is 1. The van der Waals surface area contributed by atoms with Crippen LogP contribution in [0.15, 0.2) is 103 Å². The zero-order chi connectivity index (χ0) is 34.1. The second-order valence-corrected chi connectivity index (χ2v) is 13.9. The molecule has 0 spiro atoms. The summed E-state index contributed by atoms with van der Waals surface area (Å²) in [5.74, 6) is 1.71. The van der Waals surface area contributed by atoms with Gasteiger partial charge >= 0.3 is 28.4 Å². The number of nitriles is 1. The van der Waals surface area contributed by atoms with Crippen LogP contribution in [0.25, 0.3) is 21.8 Å². The van der Waals surface area contributed by atoms with Crippen LogP contribution in [0.2, 0.25) is 0 Å². The molecule has 0 N–H and O–H groups in total. The van der Waals surface area contributed by atoms with Crippen molar-refractivity contribution in [2.75, 3.05) is 0 Å². The number of fused-ring (bicyclic) bond motifs is 4. The second kappa shape index (κ2) is 15.0. The van der Waals surface area contributed by atoms with Crippen molar-refractivity contribution in [2.24, 2.45) is 0 Å². The van der Waals surface area contributed by atoms with Crippen molar-refractivity contribution in [1.82, 2.24) is 14.1 Å². The predicted molar refractivity (Wildman–Crippen MR) is 203 cm³/mol. The van der Waals surface area contributed by atoms with Crippen LogP contribution in [-0.2, 0) is 22.4 Å². The average Bonchev–Trinajstić information content (AvgIpc) is 3.66. The summed E-state index contributed by atoms with van der Waals surface area (Å²) in [6.07, 6.45) is 0. The first-order valence-electron chi connectivity index (χ1n) is 17.2. The minimum atomic E-state index is 0. The van der Waals surface area contributed by atoms with E-state index in [0.29, 0.717) is 29.2 Å². The molecule has 49 heavy (non-hydrogen) atoms. The van der Waals surface area contributed by atoms with Crippen LogP contribution in [0, 0.1) is 11.3 Å². The smallest absolute Gasteiger partial charge is 0.657 e. The Balaban J connectivity index is 0.000000243. The van der Waals surface area contributed by atoms with Gasteiger partial charge in [0.15, 0.2) is 0 Å². The molecule has 0 fully saturated rings. The third kappa shape index (κ3) is 6.86. The van der Waals surface area contributed by atoms with Crippen molar-refractivity contribution in [1.29, 1.82) is 5.26 Å². The van der Waals surface area contributed by atoms with Crippen LogP contribution in [0.3, 0.4) is 0 Å². The van der Waals surface area contributed by atoms with Gasteiger partial charge in [-0.05, 0) is 55.7 Å². The molecule has 0 unspecified atom stereocenters. The maximum Gasteiger partial charge on any atom is 1.00 e. The van der Waals surface area contributed by atoms with Gasteiger partial charge in [-0.25, -0.2) is 0 Å². The summed E-state index contributed by atoms with van der Waals surface area (Å²) in [7, 11) is 0. The van der Waals surface area contributed by atoms with E-state index in [9.17, 15) is 0 Å². The van der Waals surface area contributed by atoms with Crippen LogP contribution >= 0.6 is 0 Å². The van der Waals surface area contributed by atoms with Gasteiger partial charge in [-0.15, -0.1) is 11.0 Å². The standard InChI is InChI=1S/C31H38N2.C13H7N2.Au/c1-20(2)24-13-11-14-25(21(3)4)30(24)32-19-33(29-18-10-9-17-28(29)32)31-26(22(5)6)15-12-16-27(31)23(7)8;14-8-9-5-6-13-11(7-9)10-3-1-2-4-12(10)15-13;/h9-18,20-23H,1-8H3;1-7H;/q+2;-1;+1. The third-order valence-electron chi connectivity index (χ3n) is 9.26. The summed E-state index contributed by atoms with van der Waals surface area (Å²) in [6, 6.07) is 41.8. The maximum absolute atomic E-state index is 8.84. The Morgan fingerprint density at radius 1 is 0.531 bits per heavy atom. The molecule has 2 heterocycles. The quantitative estimate of drug-likeness (QED) is 0.124. The van der Waals surface area contributed by atoms with Crippen LogP contribution in [-0.4, -0.2) is 6.01 Å². The molecule has 0 amide bonds. The summed E-state index contributed by atoms with van der Waals surface area (Å²) < 4.78 is 4.64. The van der Waals surface area contributed by atoms with Crippen LogP contribution < -0.4 is 14.1 Å². The SMILES string of the molecule is CC(C)c1cccc(C(C)C)c1[N+]1=C=[N+](c2c(C(C)C)cccc2C(C)C)c2ccccc21.N#Cc1ccc2[n-]c3ccccc3c2c1.[Au+]. The number of rotatable bonds is 6. The normalized spacial score (nSPS) is 12.1. The van der Waals surface area contributed by atoms with Crippen molar-refractivity contribution in [3.05, 3.63) is 131 Å². The predicted octanol–water partition coefficient (Wildman–Crippen LogP) is 11.9. The van der Waals surface area contributed by atoms with Crippen LogP contribution in [0.4, 0.5) is 22.7 Å². The first-order valence-corrected chi connectivity index (χ1v) is 17.2. The first kappa shape index (κ1) is 35.8. The molecular weight excluding hydrogens is 781 g/mol. The molecule has 1 aliphatic heterocycles. The molecule has 0 radical (unpaired) electrons. The zero-order valence-electron chi connectivity index (χ0n) is 29.7. The summed E-state index contributed by atoms with van der Waals surface area (Å²) in [5.41, 5.74) is 13.0. The fourth-order valence-electron chi connectivity index (χ4n) is 6.78. The molecule has 0 atom stereocenters. The molecular formula is C44H45AuN4+2. The van der Waals surface area contributed by atoms with E-state index in [-0.39, 0.29) is 22.4 Å². The summed E-state index contributed by atoms with van der Waals surface area (Å²) in [5, 5.41) is 11.0. The minimum Gasteiger partial charge on any atom is -0.657 e. The molecule has 0 aliphatic carbocycles. The van der Waals surface area contributed by atoms with Gasteiger partial charge in [0.1, 0.15) is 0 Å². The Morgan fingerprint density at radius 2 is 0.959 bits per heavy atom. The summed E-state index contributed by atoms with van der Waals surface area (Å²) in [4.78, 5) is 4.48.